The lowest BCUT2D eigenvalue weighted by Crippen LogP contribution is -2.40. The van der Waals surface area contributed by atoms with Gasteiger partial charge in [-0.3, -0.25) is 9.78 Å². The number of aryl methyl sites for hydroxylation is 1. The standard InChI is InChI=1S/C12H18N4O.2ClH/c1-8-6-15-11(7-14-8)12(17)16-10-4-2-3-9(10)5-13;;/h6-7,9-10H,2-5,13H2,1H3,(H,16,17);2*1H. The summed E-state index contributed by atoms with van der Waals surface area (Å²) in [5.41, 5.74) is 6.86. The molecule has 0 saturated heterocycles. The van der Waals surface area contributed by atoms with Gasteiger partial charge in [0.15, 0.2) is 0 Å². The third kappa shape index (κ3) is 4.60. The largest absolute Gasteiger partial charge is 0.348 e. The Kier molecular flexibility index (Phi) is 7.90. The molecule has 0 radical (unpaired) electrons. The fourth-order valence-corrected chi connectivity index (χ4v) is 2.26. The maximum absolute atomic E-state index is 11.9. The summed E-state index contributed by atoms with van der Waals surface area (Å²) >= 11 is 0. The molecule has 0 spiro atoms. The fraction of sp³-hybridized carbons (Fsp3) is 0.583. The minimum absolute atomic E-state index is 0. The molecule has 7 heteroatoms. The summed E-state index contributed by atoms with van der Waals surface area (Å²) < 4.78 is 0. The van der Waals surface area contributed by atoms with Crippen molar-refractivity contribution < 1.29 is 4.79 Å². The second-order valence-corrected chi connectivity index (χ2v) is 4.55. The highest BCUT2D eigenvalue weighted by molar-refractivity contribution is 5.92. The van der Waals surface area contributed by atoms with Crippen molar-refractivity contribution in [2.75, 3.05) is 6.54 Å². The minimum Gasteiger partial charge on any atom is -0.348 e. The lowest BCUT2D eigenvalue weighted by Gasteiger charge is -2.18. The third-order valence-electron chi connectivity index (χ3n) is 3.29. The molecule has 5 nitrogen and oxygen atoms in total. The summed E-state index contributed by atoms with van der Waals surface area (Å²) in [6.45, 7) is 2.47. The number of amides is 1. The molecule has 1 aliphatic carbocycles. The minimum atomic E-state index is -0.150. The van der Waals surface area contributed by atoms with Crippen molar-refractivity contribution in [1.29, 1.82) is 0 Å². The first-order valence-electron chi connectivity index (χ1n) is 6.00. The number of nitrogens with one attached hydrogen (secondary N) is 1. The summed E-state index contributed by atoms with van der Waals surface area (Å²) in [4.78, 5) is 20.1. The van der Waals surface area contributed by atoms with Crippen LogP contribution >= 0.6 is 24.8 Å². The highest BCUT2D eigenvalue weighted by atomic mass is 35.5. The molecule has 2 unspecified atom stereocenters. The second kappa shape index (κ2) is 8.30. The number of carbonyl (C=O) groups is 1. The van der Waals surface area contributed by atoms with Gasteiger partial charge < -0.3 is 11.1 Å². The van der Waals surface area contributed by atoms with Gasteiger partial charge in [0.1, 0.15) is 5.69 Å². The van der Waals surface area contributed by atoms with E-state index in [0.717, 1.165) is 25.0 Å². The van der Waals surface area contributed by atoms with Gasteiger partial charge >= 0.3 is 0 Å². The summed E-state index contributed by atoms with van der Waals surface area (Å²) in [7, 11) is 0. The van der Waals surface area contributed by atoms with Crippen molar-refractivity contribution in [3.8, 4) is 0 Å². The Morgan fingerprint density at radius 3 is 2.68 bits per heavy atom. The van der Waals surface area contributed by atoms with Gasteiger partial charge in [0.05, 0.1) is 11.9 Å². The van der Waals surface area contributed by atoms with Crippen LogP contribution in [0.1, 0.15) is 35.4 Å². The molecule has 2 atom stereocenters. The number of hydrogen-bond acceptors (Lipinski definition) is 4. The van der Waals surface area contributed by atoms with E-state index in [2.05, 4.69) is 15.3 Å². The molecule has 1 amide bonds. The SMILES string of the molecule is Cc1cnc(C(=O)NC2CCCC2CN)cn1.Cl.Cl. The summed E-state index contributed by atoms with van der Waals surface area (Å²) in [5.74, 6) is 0.250. The van der Waals surface area contributed by atoms with Gasteiger partial charge in [-0.25, -0.2) is 4.98 Å². The molecule has 2 rings (SSSR count). The van der Waals surface area contributed by atoms with E-state index >= 15 is 0 Å². The first-order valence-corrected chi connectivity index (χ1v) is 6.00. The highest BCUT2D eigenvalue weighted by Gasteiger charge is 2.27. The van der Waals surface area contributed by atoms with Gasteiger partial charge in [-0.15, -0.1) is 24.8 Å². The lowest BCUT2D eigenvalue weighted by atomic mass is 10.0. The van der Waals surface area contributed by atoms with Crippen LogP contribution in [0.3, 0.4) is 0 Å². The van der Waals surface area contributed by atoms with Crippen molar-refractivity contribution in [3.63, 3.8) is 0 Å². The predicted molar refractivity (Wildman–Crippen MR) is 78.9 cm³/mol. The van der Waals surface area contributed by atoms with E-state index in [9.17, 15) is 4.79 Å². The van der Waals surface area contributed by atoms with Crippen LogP contribution in [-0.2, 0) is 0 Å². The maximum atomic E-state index is 11.9. The molecule has 1 aliphatic rings. The van der Waals surface area contributed by atoms with Crippen molar-refractivity contribution in [2.24, 2.45) is 11.7 Å². The Morgan fingerprint density at radius 1 is 1.37 bits per heavy atom. The normalized spacial score (nSPS) is 21.2. The van der Waals surface area contributed by atoms with Gasteiger partial charge in [0, 0.05) is 12.2 Å². The van der Waals surface area contributed by atoms with Crippen molar-refractivity contribution >= 4 is 30.7 Å². The van der Waals surface area contributed by atoms with E-state index in [0.29, 0.717) is 18.2 Å². The monoisotopic (exact) mass is 306 g/mol. The zero-order chi connectivity index (χ0) is 12.3. The molecule has 1 fully saturated rings. The zero-order valence-electron chi connectivity index (χ0n) is 10.8. The quantitative estimate of drug-likeness (QED) is 0.886. The molecule has 0 bridgehead atoms. The number of nitrogens with two attached hydrogens (primary N) is 1. The second-order valence-electron chi connectivity index (χ2n) is 4.55. The van der Waals surface area contributed by atoms with Gasteiger partial charge in [-0.05, 0) is 32.2 Å². The number of halogens is 2. The molecular weight excluding hydrogens is 287 g/mol. The first-order chi connectivity index (χ1) is 8.20. The molecule has 108 valence electrons. The molecule has 1 aromatic rings. The Hall–Kier alpha value is -0.910. The topological polar surface area (TPSA) is 80.9 Å². The van der Waals surface area contributed by atoms with Crippen LogP contribution < -0.4 is 11.1 Å². The van der Waals surface area contributed by atoms with Gasteiger partial charge in [-0.1, -0.05) is 6.42 Å². The van der Waals surface area contributed by atoms with E-state index in [1.165, 1.54) is 6.20 Å². The molecule has 1 saturated carbocycles. The van der Waals surface area contributed by atoms with Crippen LogP contribution in [0.5, 0.6) is 0 Å². The summed E-state index contributed by atoms with van der Waals surface area (Å²) in [6, 6.07) is 0.190. The number of carbonyl (C=O) groups excluding carboxylic acids is 1. The number of nitrogens with zero attached hydrogens (tertiary/aromatic N) is 2. The average Bonchev–Trinajstić information content (AvgIpc) is 2.77. The lowest BCUT2D eigenvalue weighted by molar-refractivity contribution is 0.0923. The molecule has 19 heavy (non-hydrogen) atoms. The van der Waals surface area contributed by atoms with E-state index < -0.39 is 0 Å². The average molecular weight is 307 g/mol. The fourth-order valence-electron chi connectivity index (χ4n) is 2.26. The van der Waals surface area contributed by atoms with Crippen LogP contribution in [-0.4, -0.2) is 28.5 Å². The van der Waals surface area contributed by atoms with Crippen molar-refractivity contribution in [1.82, 2.24) is 15.3 Å². The van der Waals surface area contributed by atoms with E-state index in [1.807, 2.05) is 6.92 Å². The first kappa shape index (κ1) is 18.1. The highest BCUT2D eigenvalue weighted by Crippen LogP contribution is 2.24. The smallest absolute Gasteiger partial charge is 0.271 e. The molecule has 0 aliphatic heterocycles. The number of rotatable bonds is 3. The molecule has 0 aromatic carbocycles. The Balaban J connectivity index is 0.00000162. The van der Waals surface area contributed by atoms with Crippen LogP contribution in [0.15, 0.2) is 12.4 Å². The molecule has 1 aromatic heterocycles. The predicted octanol–water partition coefficient (Wildman–Crippen LogP) is 1.49. The maximum Gasteiger partial charge on any atom is 0.271 e. The third-order valence-corrected chi connectivity index (χ3v) is 3.29. The Bertz CT molecular complexity index is 399. The molecular formula is C12H20Cl2N4O. The van der Waals surface area contributed by atoms with E-state index in [-0.39, 0.29) is 36.8 Å². The zero-order valence-corrected chi connectivity index (χ0v) is 12.5. The Labute approximate surface area is 125 Å². The van der Waals surface area contributed by atoms with Crippen molar-refractivity contribution in [3.05, 3.63) is 23.8 Å². The van der Waals surface area contributed by atoms with E-state index in [1.54, 1.807) is 6.20 Å². The van der Waals surface area contributed by atoms with Crippen LogP contribution in [0.25, 0.3) is 0 Å². The van der Waals surface area contributed by atoms with E-state index in [4.69, 9.17) is 5.73 Å². The van der Waals surface area contributed by atoms with Gasteiger partial charge in [0.2, 0.25) is 0 Å². The molecule has 1 heterocycles. The molecule has 3 N–H and O–H groups in total. The van der Waals surface area contributed by atoms with Gasteiger partial charge in [0.25, 0.3) is 5.91 Å². The van der Waals surface area contributed by atoms with Crippen molar-refractivity contribution in [2.45, 2.75) is 32.2 Å². The Morgan fingerprint density at radius 2 is 2.11 bits per heavy atom. The van der Waals surface area contributed by atoms with Crippen LogP contribution in [0.4, 0.5) is 0 Å². The number of hydrogen-bond donors (Lipinski definition) is 2. The van der Waals surface area contributed by atoms with Crippen LogP contribution in [0.2, 0.25) is 0 Å². The van der Waals surface area contributed by atoms with Crippen LogP contribution in [0, 0.1) is 12.8 Å². The summed E-state index contributed by atoms with van der Waals surface area (Å²) in [6.07, 6.45) is 6.35. The number of aromatic nitrogens is 2. The van der Waals surface area contributed by atoms with Gasteiger partial charge in [-0.2, -0.15) is 0 Å². The summed E-state index contributed by atoms with van der Waals surface area (Å²) in [5, 5.41) is 2.99.